The first-order valence-electron chi connectivity index (χ1n) is 8.56. The van der Waals surface area contributed by atoms with Crippen molar-refractivity contribution in [1.29, 1.82) is 0 Å². The van der Waals surface area contributed by atoms with Gasteiger partial charge in [0.05, 0.1) is 22.4 Å². The predicted molar refractivity (Wildman–Crippen MR) is 103 cm³/mol. The number of aromatic nitrogens is 2. The number of aryl methyl sites for hydroxylation is 1. The van der Waals surface area contributed by atoms with E-state index in [2.05, 4.69) is 15.3 Å². The average Bonchev–Trinajstić information content (AvgIpc) is 2.65. The fourth-order valence-electron chi connectivity index (χ4n) is 2.64. The zero-order valence-electron chi connectivity index (χ0n) is 15.1. The fourth-order valence-corrected chi connectivity index (χ4v) is 2.64. The van der Waals surface area contributed by atoms with E-state index >= 15 is 0 Å². The first-order valence-corrected chi connectivity index (χ1v) is 8.56. The first-order chi connectivity index (χ1) is 13.1. The molecule has 3 aromatic rings. The minimum absolute atomic E-state index is 0.138. The van der Waals surface area contributed by atoms with Crippen LogP contribution < -0.4 is 10.1 Å². The van der Waals surface area contributed by atoms with Crippen molar-refractivity contribution in [1.82, 2.24) is 9.97 Å². The topological polar surface area (TPSA) is 99.4 Å². The summed E-state index contributed by atoms with van der Waals surface area (Å²) in [6.45, 7) is 5.00. The molecule has 0 atom stereocenters. The van der Waals surface area contributed by atoms with Crippen LogP contribution in [-0.2, 0) is 4.74 Å². The highest BCUT2D eigenvalue weighted by atomic mass is 16.6. The Morgan fingerprint density at radius 1 is 1.19 bits per heavy atom. The number of benzene rings is 2. The minimum Gasteiger partial charge on any atom is -0.484 e. The molecule has 1 heterocycles. The number of rotatable bonds is 8. The molecule has 1 N–H and O–H groups in total. The summed E-state index contributed by atoms with van der Waals surface area (Å²) in [5, 5.41) is 15.2. The number of nitrogens with zero attached hydrogens (tertiary/aromatic N) is 3. The molecule has 0 unspecified atom stereocenters. The van der Waals surface area contributed by atoms with Crippen LogP contribution in [0.1, 0.15) is 12.5 Å². The van der Waals surface area contributed by atoms with E-state index in [0.717, 1.165) is 11.3 Å². The molecule has 0 aliphatic heterocycles. The molecular weight excluding hydrogens is 348 g/mol. The maximum absolute atomic E-state index is 11.5. The molecule has 0 saturated heterocycles. The summed E-state index contributed by atoms with van der Waals surface area (Å²) < 4.78 is 10.7. The van der Waals surface area contributed by atoms with Crippen LogP contribution in [0.2, 0.25) is 0 Å². The molecule has 0 radical (unpaired) electrons. The van der Waals surface area contributed by atoms with E-state index in [9.17, 15) is 10.1 Å². The molecule has 0 amide bonds. The molecule has 0 aliphatic carbocycles. The van der Waals surface area contributed by atoms with E-state index < -0.39 is 4.92 Å². The summed E-state index contributed by atoms with van der Waals surface area (Å²) in [6, 6.07) is 10.8. The SMILES string of the molecule is CCOCCOc1cc2ncnc(Nc3cccc(C)c3)c2cc1[N+](=O)[O-]. The Kier molecular flexibility index (Phi) is 5.77. The van der Waals surface area contributed by atoms with Crippen molar-refractivity contribution in [3.63, 3.8) is 0 Å². The van der Waals surface area contributed by atoms with Gasteiger partial charge in [-0.2, -0.15) is 0 Å². The highest BCUT2D eigenvalue weighted by molar-refractivity contribution is 5.93. The maximum atomic E-state index is 11.5. The van der Waals surface area contributed by atoms with Crippen molar-refractivity contribution >= 4 is 28.1 Å². The monoisotopic (exact) mass is 368 g/mol. The van der Waals surface area contributed by atoms with Gasteiger partial charge in [0.1, 0.15) is 18.8 Å². The quantitative estimate of drug-likeness (QED) is 0.364. The Balaban J connectivity index is 1.97. The zero-order chi connectivity index (χ0) is 19.2. The smallest absolute Gasteiger partial charge is 0.311 e. The van der Waals surface area contributed by atoms with Crippen LogP contribution in [0, 0.1) is 17.0 Å². The zero-order valence-corrected chi connectivity index (χ0v) is 15.1. The van der Waals surface area contributed by atoms with Gasteiger partial charge < -0.3 is 14.8 Å². The van der Waals surface area contributed by atoms with Gasteiger partial charge in [-0.15, -0.1) is 0 Å². The molecule has 0 spiro atoms. The van der Waals surface area contributed by atoms with Gasteiger partial charge in [0, 0.05) is 24.4 Å². The third-order valence-electron chi connectivity index (χ3n) is 3.88. The number of nitrogens with one attached hydrogen (secondary N) is 1. The Labute approximate surface area is 156 Å². The van der Waals surface area contributed by atoms with E-state index in [4.69, 9.17) is 9.47 Å². The number of ether oxygens (including phenoxy) is 2. The average molecular weight is 368 g/mol. The van der Waals surface area contributed by atoms with Gasteiger partial charge in [-0.1, -0.05) is 12.1 Å². The van der Waals surface area contributed by atoms with E-state index in [1.165, 1.54) is 12.4 Å². The van der Waals surface area contributed by atoms with Gasteiger partial charge in [-0.3, -0.25) is 10.1 Å². The molecule has 1 aromatic heterocycles. The standard InChI is InChI=1S/C19H20N4O4/c1-3-26-7-8-27-18-11-16-15(10-17(18)23(24)25)19(21-12-20-16)22-14-6-4-5-13(2)9-14/h4-6,9-12H,3,7-8H2,1-2H3,(H,20,21,22). The number of nitro groups is 1. The van der Waals surface area contributed by atoms with Gasteiger partial charge in [-0.25, -0.2) is 9.97 Å². The molecular formula is C19H20N4O4. The van der Waals surface area contributed by atoms with Gasteiger partial charge >= 0.3 is 5.69 Å². The molecule has 8 nitrogen and oxygen atoms in total. The van der Waals surface area contributed by atoms with Crippen LogP contribution in [-0.4, -0.2) is 34.7 Å². The van der Waals surface area contributed by atoms with Crippen molar-refractivity contribution in [2.45, 2.75) is 13.8 Å². The summed E-state index contributed by atoms with van der Waals surface area (Å²) >= 11 is 0. The Bertz CT molecular complexity index is 962. The summed E-state index contributed by atoms with van der Waals surface area (Å²) in [6.07, 6.45) is 1.41. The molecule has 0 saturated carbocycles. The molecule has 0 bridgehead atoms. The van der Waals surface area contributed by atoms with E-state index in [1.807, 2.05) is 38.1 Å². The number of anilines is 2. The van der Waals surface area contributed by atoms with Crippen LogP contribution in [0.5, 0.6) is 5.75 Å². The van der Waals surface area contributed by atoms with Crippen LogP contribution in [0.4, 0.5) is 17.2 Å². The van der Waals surface area contributed by atoms with Gasteiger partial charge in [-0.05, 0) is 31.5 Å². The summed E-state index contributed by atoms with van der Waals surface area (Å²) in [5.41, 5.74) is 2.35. The minimum atomic E-state index is -0.473. The molecule has 2 aromatic carbocycles. The molecule has 0 fully saturated rings. The molecule has 3 rings (SSSR count). The van der Waals surface area contributed by atoms with E-state index in [1.54, 1.807) is 6.07 Å². The second-order valence-corrected chi connectivity index (χ2v) is 5.86. The lowest BCUT2D eigenvalue weighted by atomic mass is 10.1. The second kappa shape index (κ2) is 8.41. The number of hydrogen-bond donors (Lipinski definition) is 1. The van der Waals surface area contributed by atoms with Crippen LogP contribution in [0.25, 0.3) is 10.9 Å². The van der Waals surface area contributed by atoms with Gasteiger partial charge in [0.15, 0.2) is 5.75 Å². The van der Waals surface area contributed by atoms with Crippen LogP contribution in [0.15, 0.2) is 42.7 Å². The highest BCUT2D eigenvalue weighted by Crippen LogP contribution is 2.34. The normalized spacial score (nSPS) is 10.7. The van der Waals surface area contributed by atoms with E-state index in [-0.39, 0.29) is 18.0 Å². The van der Waals surface area contributed by atoms with E-state index in [0.29, 0.717) is 29.9 Å². The third kappa shape index (κ3) is 4.48. The molecule has 27 heavy (non-hydrogen) atoms. The van der Waals surface area contributed by atoms with Crippen LogP contribution >= 0.6 is 0 Å². The van der Waals surface area contributed by atoms with Gasteiger partial charge in [0.25, 0.3) is 0 Å². The lowest BCUT2D eigenvalue weighted by Gasteiger charge is -2.11. The van der Waals surface area contributed by atoms with Crippen molar-refractivity contribution in [2.24, 2.45) is 0 Å². The summed E-state index contributed by atoms with van der Waals surface area (Å²) in [5.74, 6) is 0.655. The number of hydrogen-bond acceptors (Lipinski definition) is 7. The molecule has 0 aliphatic rings. The summed E-state index contributed by atoms with van der Waals surface area (Å²) in [4.78, 5) is 19.5. The summed E-state index contributed by atoms with van der Waals surface area (Å²) in [7, 11) is 0. The molecule has 8 heteroatoms. The van der Waals surface area contributed by atoms with Crippen LogP contribution in [0.3, 0.4) is 0 Å². The molecule has 140 valence electrons. The Morgan fingerprint density at radius 3 is 2.78 bits per heavy atom. The predicted octanol–water partition coefficient (Wildman–Crippen LogP) is 4.01. The number of nitro benzene ring substituents is 1. The maximum Gasteiger partial charge on any atom is 0.311 e. The van der Waals surface area contributed by atoms with Crippen molar-refractivity contribution in [2.75, 3.05) is 25.1 Å². The largest absolute Gasteiger partial charge is 0.484 e. The van der Waals surface area contributed by atoms with Crippen molar-refractivity contribution in [3.8, 4) is 5.75 Å². The fraction of sp³-hybridized carbons (Fsp3) is 0.263. The number of fused-ring (bicyclic) bond motifs is 1. The third-order valence-corrected chi connectivity index (χ3v) is 3.88. The lowest BCUT2D eigenvalue weighted by molar-refractivity contribution is -0.385. The Morgan fingerprint density at radius 2 is 2.04 bits per heavy atom. The Hall–Kier alpha value is -3.26. The first kappa shape index (κ1) is 18.5. The van der Waals surface area contributed by atoms with Crippen molar-refractivity contribution < 1.29 is 14.4 Å². The van der Waals surface area contributed by atoms with Crippen molar-refractivity contribution in [3.05, 3.63) is 58.4 Å². The second-order valence-electron chi connectivity index (χ2n) is 5.86. The highest BCUT2D eigenvalue weighted by Gasteiger charge is 2.19. The van der Waals surface area contributed by atoms with Gasteiger partial charge in [0.2, 0.25) is 0 Å². The lowest BCUT2D eigenvalue weighted by Crippen LogP contribution is -2.08.